The molecule has 0 spiro atoms. The first-order chi connectivity index (χ1) is 31.7. The van der Waals surface area contributed by atoms with Crippen molar-refractivity contribution in [3.8, 4) is 44.5 Å². The summed E-state index contributed by atoms with van der Waals surface area (Å²) in [5.41, 5.74) is 25.7. The quantitative estimate of drug-likeness (QED) is 0.160. The molecule has 0 atom stereocenters. The minimum Gasteiger partial charge on any atom is -0.375 e. The van der Waals surface area contributed by atoms with E-state index in [1.807, 2.05) is 0 Å². The summed E-state index contributed by atoms with van der Waals surface area (Å²) in [5, 5.41) is 5.20. The third kappa shape index (κ3) is 6.16. The maximum absolute atomic E-state index is 2.70. The highest BCUT2D eigenvalue weighted by atomic mass is 15.2. The smallest absolute Gasteiger partial charge is 0.333 e. The molecule has 2 nitrogen and oxygen atoms in total. The lowest BCUT2D eigenvalue weighted by atomic mass is 9.44. The van der Waals surface area contributed by atoms with Crippen LogP contribution >= 0.6 is 0 Å². The van der Waals surface area contributed by atoms with Crippen LogP contribution in [0.25, 0.3) is 77.1 Å². The molecule has 0 saturated heterocycles. The Hall–Kier alpha value is -7.10. The van der Waals surface area contributed by atoms with Gasteiger partial charge in [-0.25, -0.2) is 0 Å². The van der Waals surface area contributed by atoms with E-state index in [0.29, 0.717) is 0 Å². The van der Waals surface area contributed by atoms with Crippen molar-refractivity contribution in [3.63, 3.8) is 0 Å². The first-order valence-corrected chi connectivity index (χ1v) is 23.7. The minimum absolute atomic E-state index is 0.0685. The average molecular weight is 851 g/mol. The van der Waals surface area contributed by atoms with E-state index < -0.39 is 0 Å². The zero-order chi connectivity index (χ0) is 45.4. The zero-order valence-corrected chi connectivity index (χ0v) is 39.6. The van der Waals surface area contributed by atoms with Gasteiger partial charge in [0.2, 0.25) is 0 Å². The Morgan fingerprint density at radius 1 is 0.455 bits per heavy atom. The molecule has 0 radical (unpaired) electrons. The van der Waals surface area contributed by atoms with Crippen LogP contribution in [0.3, 0.4) is 0 Å². The lowest BCUT2D eigenvalue weighted by molar-refractivity contribution is 0.590. The number of anilines is 3. The topological polar surface area (TPSA) is 8.17 Å². The van der Waals surface area contributed by atoms with E-state index in [0.717, 1.165) is 5.69 Å². The fourth-order valence-corrected chi connectivity index (χ4v) is 11.6. The molecule has 0 fully saturated rings. The second-order valence-electron chi connectivity index (χ2n) is 21.2. The summed E-state index contributed by atoms with van der Waals surface area (Å²) in [6, 6.07) is 65.3. The molecular weight excluding hydrogens is 796 g/mol. The molecule has 0 unspecified atom stereocenters. The largest absolute Gasteiger partial charge is 0.375 e. The van der Waals surface area contributed by atoms with Crippen molar-refractivity contribution in [2.45, 2.75) is 73.1 Å². The summed E-state index contributed by atoms with van der Waals surface area (Å²) in [6.45, 7) is 20.4. The Kier molecular flexibility index (Phi) is 8.85. The van der Waals surface area contributed by atoms with Gasteiger partial charge in [-0.3, -0.25) is 0 Å². The Labute approximate surface area is 390 Å². The van der Waals surface area contributed by atoms with Gasteiger partial charge in [-0.2, -0.15) is 0 Å². The first kappa shape index (κ1) is 40.4. The fourth-order valence-electron chi connectivity index (χ4n) is 11.6. The molecule has 0 saturated carbocycles. The third-order valence-corrected chi connectivity index (χ3v) is 14.8. The first-order valence-electron chi connectivity index (χ1n) is 23.7. The van der Waals surface area contributed by atoms with Crippen molar-refractivity contribution in [2.24, 2.45) is 0 Å². The van der Waals surface area contributed by atoms with Crippen LogP contribution in [0.4, 0.5) is 17.1 Å². The molecule has 320 valence electrons. The Balaban J connectivity index is 1.16. The molecule has 3 heteroatoms. The van der Waals surface area contributed by atoms with Crippen molar-refractivity contribution < 1.29 is 0 Å². The number of rotatable bonds is 4. The predicted molar refractivity (Wildman–Crippen MR) is 285 cm³/mol. The molecule has 2 aliphatic heterocycles. The lowest BCUT2D eigenvalue weighted by Crippen LogP contribution is -2.56. The van der Waals surface area contributed by atoms with E-state index in [4.69, 9.17) is 0 Å². The van der Waals surface area contributed by atoms with Gasteiger partial charge in [0, 0.05) is 44.4 Å². The van der Waals surface area contributed by atoms with Crippen molar-refractivity contribution >= 4 is 67.4 Å². The lowest BCUT2D eigenvalue weighted by Gasteiger charge is -2.41. The average Bonchev–Trinajstić information content (AvgIpc) is 3.64. The summed E-state index contributed by atoms with van der Waals surface area (Å²) in [7, 11) is 0. The maximum atomic E-state index is 2.70. The fraction of sp³-hybridized carbons (Fsp3) is 0.175. The van der Waals surface area contributed by atoms with E-state index in [1.165, 1.54) is 127 Å². The van der Waals surface area contributed by atoms with Gasteiger partial charge in [-0.1, -0.05) is 181 Å². The number of fused-ring (bicyclic) bond motifs is 9. The highest BCUT2D eigenvalue weighted by Gasteiger charge is 2.43. The van der Waals surface area contributed by atoms with Crippen molar-refractivity contribution in [1.82, 2.24) is 4.48 Å². The van der Waals surface area contributed by atoms with Crippen LogP contribution in [-0.4, -0.2) is 11.3 Å². The Bertz CT molecular complexity index is 3590. The number of aryl methyl sites for hydroxylation is 3. The number of benzene rings is 9. The van der Waals surface area contributed by atoms with Crippen LogP contribution in [0.2, 0.25) is 0 Å². The van der Waals surface area contributed by atoms with Crippen LogP contribution in [-0.2, 0) is 10.8 Å². The Morgan fingerprint density at radius 2 is 1.05 bits per heavy atom. The van der Waals surface area contributed by atoms with Gasteiger partial charge in [0.25, 0.3) is 0 Å². The molecule has 2 aliphatic rings. The number of hydrogen-bond donors (Lipinski definition) is 0. The highest BCUT2D eigenvalue weighted by molar-refractivity contribution is 6.90. The normalized spacial score (nSPS) is 13.2. The third-order valence-electron chi connectivity index (χ3n) is 14.8. The van der Waals surface area contributed by atoms with E-state index >= 15 is 0 Å². The van der Waals surface area contributed by atoms with Crippen LogP contribution < -0.4 is 15.8 Å². The molecule has 12 rings (SSSR count). The SMILES string of the molecule is Cc1cc(C)c(-c2cc3c4c(c2)N(c2ccc(-c5ccc(C(C)(C)C)cc5)cc2)c2ccc(-c5ccc(C(C)(C)C)cc5)cc2B4n2c4ccc5ccccc5c4c4cccc-3c42)c(C)c1. The zero-order valence-electron chi connectivity index (χ0n) is 39.6. The van der Waals surface area contributed by atoms with Gasteiger partial charge in [-0.15, -0.1) is 0 Å². The van der Waals surface area contributed by atoms with Crippen molar-refractivity contribution in [3.05, 3.63) is 198 Å². The van der Waals surface area contributed by atoms with Crippen molar-refractivity contribution in [1.29, 1.82) is 0 Å². The molecular formula is C63H55BN2. The van der Waals surface area contributed by atoms with Gasteiger partial charge < -0.3 is 9.38 Å². The van der Waals surface area contributed by atoms with Crippen LogP contribution in [0.5, 0.6) is 0 Å². The molecule has 0 bridgehead atoms. The van der Waals surface area contributed by atoms with Gasteiger partial charge in [0.15, 0.2) is 0 Å². The van der Waals surface area contributed by atoms with E-state index in [-0.39, 0.29) is 17.7 Å². The van der Waals surface area contributed by atoms with E-state index in [2.05, 4.69) is 242 Å². The van der Waals surface area contributed by atoms with Gasteiger partial charge in [-0.05, 0) is 151 Å². The van der Waals surface area contributed by atoms with E-state index in [1.54, 1.807) is 0 Å². The summed E-state index contributed by atoms with van der Waals surface area (Å²) in [6.07, 6.45) is 0. The van der Waals surface area contributed by atoms with Crippen LogP contribution in [0.1, 0.15) is 69.4 Å². The second kappa shape index (κ2) is 14.5. The predicted octanol–water partition coefficient (Wildman–Crippen LogP) is 15.9. The van der Waals surface area contributed by atoms with Gasteiger partial charge in [0.05, 0.1) is 0 Å². The molecule has 10 aromatic rings. The molecule has 1 aromatic heterocycles. The molecule has 66 heavy (non-hydrogen) atoms. The standard InChI is InChI=1S/C63H55BN2/c1-38-33-39(2)58(40(3)34-38)46-35-53-51-15-12-16-52-59-50-14-11-10-13-44(50)23-32-56(59)66(61(51)52)64-54-36-45(43-19-27-48(28-20-43)63(7,8)9)24-31-55(54)65(57(37-46)60(53)64)49-29-21-42(22-30-49)41-17-25-47(26-18-41)62(4,5)6/h10-37H,1-9H3. The van der Waals surface area contributed by atoms with Crippen molar-refractivity contribution in [2.75, 3.05) is 4.90 Å². The summed E-state index contributed by atoms with van der Waals surface area (Å²) in [5.74, 6) is 0. The summed E-state index contributed by atoms with van der Waals surface area (Å²) >= 11 is 0. The molecule has 0 N–H and O–H groups in total. The highest BCUT2D eigenvalue weighted by Crippen LogP contribution is 2.49. The summed E-state index contributed by atoms with van der Waals surface area (Å²) in [4.78, 5) is 2.57. The van der Waals surface area contributed by atoms with Crippen LogP contribution in [0.15, 0.2) is 170 Å². The number of nitrogens with zero attached hydrogens (tertiary/aromatic N) is 2. The summed E-state index contributed by atoms with van der Waals surface area (Å²) < 4.78 is 2.70. The number of para-hydroxylation sites is 1. The number of hydrogen-bond acceptors (Lipinski definition) is 1. The Morgan fingerprint density at radius 3 is 1.70 bits per heavy atom. The molecule has 3 heterocycles. The second-order valence-corrected chi connectivity index (χ2v) is 21.2. The maximum Gasteiger partial charge on any atom is 0.333 e. The van der Waals surface area contributed by atoms with Crippen LogP contribution in [0, 0.1) is 20.8 Å². The number of aromatic nitrogens is 1. The molecule has 9 aromatic carbocycles. The monoisotopic (exact) mass is 850 g/mol. The van der Waals surface area contributed by atoms with Gasteiger partial charge >= 0.3 is 6.85 Å². The van der Waals surface area contributed by atoms with Gasteiger partial charge in [0.1, 0.15) is 0 Å². The molecule has 0 amide bonds. The minimum atomic E-state index is -0.0685. The molecule has 0 aliphatic carbocycles. The van der Waals surface area contributed by atoms with E-state index in [9.17, 15) is 0 Å².